The summed E-state index contributed by atoms with van der Waals surface area (Å²) in [5.41, 5.74) is -0.345. The molecule has 0 bridgehead atoms. The molecule has 2 aliphatic carbocycles. The predicted octanol–water partition coefficient (Wildman–Crippen LogP) is 5.18. The van der Waals surface area contributed by atoms with Crippen molar-refractivity contribution >= 4 is 22.6 Å². The van der Waals surface area contributed by atoms with Gasteiger partial charge in [-0.1, -0.05) is 6.92 Å². The van der Waals surface area contributed by atoms with Crippen LogP contribution in [-0.4, -0.2) is 27.2 Å². The van der Waals surface area contributed by atoms with Crippen molar-refractivity contribution in [1.82, 2.24) is 15.2 Å². The number of hydrogen-bond acceptors (Lipinski definition) is 4. The van der Waals surface area contributed by atoms with Crippen molar-refractivity contribution < 1.29 is 27.1 Å². The molecule has 6 nitrogen and oxygen atoms in total. The minimum absolute atomic E-state index is 0.0358. The highest BCUT2D eigenvalue weighted by atomic mass is 19.4. The second kappa shape index (κ2) is 8.00. The SMILES string of the molecule is CCC(C(=O)Nc1cc(C(F)(F)F)[nH]n1)[C@H]1[C@@H]2C[C@H](Oc3ccnc4ccc(F)cc34)C[C@@H]21. The number of amides is 1. The molecule has 2 fully saturated rings. The van der Waals surface area contributed by atoms with Crippen LogP contribution in [0.25, 0.3) is 10.9 Å². The van der Waals surface area contributed by atoms with Gasteiger partial charge in [-0.05, 0) is 61.3 Å². The fourth-order valence-electron chi connectivity index (χ4n) is 5.29. The van der Waals surface area contributed by atoms with Crippen molar-refractivity contribution in [2.24, 2.45) is 23.7 Å². The zero-order valence-electron chi connectivity index (χ0n) is 17.7. The minimum Gasteiger partial charge on any atom is -0.490 e. The Morgan fingerprint density at radius 2 is 2.00 bits per heavy atom. The minimum atomic E-state index is -4.55. The van der Waals surface area contributed by atoms with Gasteiger partial charge < -0.3 is 10.1 Å². The Morgan fingerprint density at radius 3 is 2.67 bits per heavy atom. The standard InChI is InChI=1S/C23H22F4N4O2/c1-2-13(22(32)29-20-10-19(30-31-20)23(25,26)27)21-14-8-12(9-15(14)21)33-18-5-6-28-17-4-3-11(24)7-16(17)18/h3-7,10,12-15,21H,2,8-9H2,1H3,(H2,29,30,31,32)/t12-,13?,14+,15-,21-. The number of nitrogens with zero attached hydrogens (tertiary/aromatic N) is 2. The molecule has 1 amide bonds. The highest BCUT2D eigenvalue weighted by molar-refractivity contribution is 5.92. The lowest BCUT2D eigenvalue weighted by atomic mass is 9.93. The van der Waals surface area contributed by atoms with E-state index >= 15 is 0 Å². The zero-order chi connectivity index (χ0) is 23.3. The molecule has 5 rings (SSSR count). The first-order valence-corrected chi connectivity index (χ1v) is 10.9. The maximum Gasteiger partial charge on any atom is 0.432 e. The number of aromatic nitrogens is 3. The van der Waals surface area contributed by atoms with Crippen molar-refractivity contribution in [1.29, 1.82) is 0 Å². The van der Waals surface area contributed by atoms with Gasteiger partial charge in [-0.15, -0.1) is 0 Å². The molecule has 33 heavy (non-hydrogen) atoms. The largest absolute Gasteiger partial charge is 0.490 e. The highest BCUT2D eigenvalue weighted by Crippen LogP contribution is 2.62. The van der Waals surface area contributed by atoms with Crippen molar-refractivity contribution in [3.8, 4) is 5.75 Å². The Kier molecular flexibility index (Phi) is 5.25. The van der Waals surface area contributed by atoms with E-state index in [-0.39, 0.29) is 35.5 Å². The predicted molar refractivity (Wildman–Crippen MR) is 112 cm³/mol. The van der Waals surface area contributed by atoms with Gasteiger partial charge in [0.2, 0.25) is 5.91 Å². The van der Waals surface area contributed by atoms with Gasteiger partial charge in [-0.2, -0.15) is 18.3 Å². The molecule has 0 radical (unpaired) electrons. The number of carbonyl (C=O) groups excluding carboxylic acids is 1. The average molecular weight is 462 g/mol. The fourth-order valence-corrected chi connectivity index (χ4v) is 5.29. The van der Waals surface area contributed by atoms with E-state index < -0.39 is 11.9 Å². The molecule has 0 saturated heterocycles. The number of hydrogen-bond donors (Lipinski definition) is 2. The molecule has 5 atom stereocenters. The van der Waals surface area contributed by atoms with Crippen molar-refractivity contribution in [3.63, 3.8) is 0 Å². The van der Waals surface area contributed by atoms with Crippen LogP contribution in [0.2, 0.25) is 0 Å². The molecule has 174 valence electrons. The molecule has 1 unspecified atom stereocenters. The zero-order valence-corrected chi connectivity index (χ0v) is 17.7. The van der Waals surface area contributed by atoms with Gasteiger partial charge in [0, 0.05) is 23.6 Å². The number of rotatable bonds is 6. The van der Waals surface area contributed by atoms with Gasteiger partial charge in [-0.3, -0.25) is 14.9 Å². The number of H-pyrrole nitrogens is 1. The van der Waals surface area contributed by atoms with Crippen LogP contribution >= 0.6 is 0 Å². The van der Waals surface area contributed by atoms with Gasteiger partial charge in [0.15, 0.2) is 5.82 Å². The third kappa shape index (κ3) is 4.14. The number of aromatic amines is 1. The Bertz CT molecular complexity index is 1180. The molecule has 1 aromatic carbocycles. The summed E-state index contributed by atoms with van der Waals surface area (Å²) in [6, 6.07) is 6.90. The topological polar surface area (TPSA) is 79.9 Å². The van der Waals surface area contributed by atoms with Crippen LogP contribution in [0.1, 0.15) is 31.9 Å². The molecule has 3 aromatic rings. The second-order valence-electron chi connectivity index (χ2n) is 8.76. The Hall–Kier alpha value is -3.17. The lowest BCUT2D eigenvalue weighted by Gasteiger charge is -2.21. The van der Waals surface area contributed by atoms with Crippen molar-refractivity contribution in [2.75, 3.05) is 5.32 Å². The lowest BCUT2D eigenvalue weighted by Crippen LogP contribution is -2.27. The number of fused-ring (bicyclic) bond motifs is 2. The Morgan fingerprint density at radius 1 is 1.24 bits per heavy atom. The summed E-state index contributed by atoms with van der Waals surface area (Å²) in [5.74, 6) is 0.294. The molecule has 2 aliphatic rings. The molecule has 2 N–H and O–H groups in total. The quantitative estimate of drug-likeness (QED) is 0.495. The van der Waals surface area contributed by atoms with E-state index in [0.29, 0.717) is 34.9 Å². The summed E-state index contributed by atoms with van der Waals surface area (Å²) in [7, 11) is 0. The van der Waals surface area contributed by atoms with Gasteiger partial charge in [0.05, 0.1) is 11.6 Å². The first-order chi connectivity index (χ1) is 15.7. The number of pyridine rings is 1. The van der Waals surface area contributed by atoms with Crippen LogP contribution in [0.3, 0.4) is 0 Å². The maximum atomic E-state index is 13.7. The van der Waals surface area contributed by atoms with Gasteiger partial charge >= 0.3 is 6.18 Å². The van der Waals surface area contributed by atoms with Crippen LogP contribution < -0.4 is 10.1 Å². The first-order valence-electron chi connectivity index (χ1n) is 10.9. The summed E-state index contributed by atoms with van der Waals surface area (Å²) >= 11 is 0. The number of nitrogens with one attached hydrogen (secondary N) is 2. The van der Waals surface area contributed by atoms with Crippen molar-refractivity contribution in [2.45, 2.75) is 38.5 Å². The van der Waals surface area contributed by atoms with E-state index in [4.69, 9.17) is 4.74 Å². The molecule has 10 heteroatoms. The maximum absolute atomic E-state index is 13.7. The van der Waals surface area contributed by atoms with Crippen LogP contribution in [0, 0.1) is 29.5 Å². The summed E-state index contributed by atoms with van der Waals surface area (Å²) in [4.78, 5) is 17.0. The van der Waals surface area contributed by atoms with E-state index in [9.17, 15) is 22.4 Å². The summed E-state index contributed by atoms with van der Waals surface area (Å²) in [6.07, 6.45) is -0.817. The highest BCUT2D eigenvalue weighted by Gasteiger charge is 2.60. The number of carbonyl (C=O) groups is 1. The van der Waals surface area contributed by atoms with Crippen molar-refractivity contribution in [3.05, 3.63) is 48.0 Å². The third-order valence-corrected chi connectivity index (χ3v) is 6.80. The molecular weight excluding hydrogens is 440 g/mol. The van der Waals surface area contributed by atoms with Gasteiger partial charge in [-0.25, -0.2) is 4.39 Å². The van der Waals surface area contributed by atoms with Gasteiger partial charge in [0.25, 0.3) is 0 Å². The normalized spacial score (nSPS) is 25.0. The average Bonchev–Trinajstić information content (AvgIpc) is 3.11. The number of anilines is 1. The van der Waals surface area contributed by atoms with Crippen LogP contribution in [0.5, 0.6) is 5.75 Å². The molecule has 2 saturated carbocycles. The van der Waals surface area contributed by atoms with E-state index in [1.807, 2.05) is 12.0 Å². The van der Waals surface area contributed by atoms with Crippen LogP contribution in [-0.2, 0) is 11.0 Å². The third-order valence-electron chi connectivity index (χ3n) is 6.80. The first kappa shape index (κ1) is 21.7. The monoisotopic (exact) mass is 462 g/mol. The molecular formula is C23H22F4N4O2. The smallest absolute Gasteiger partial charge is 0.432 e. The summed E-state index contributed by atoms with van der Waals surface area (Å²) < 4.78 is 58.1. The Balaban J connectivity index is 1.21. The van der Waals surface area contributed by atoms with E-state index in [0.717, 1.165) is 18.9 Å². The molecule has 2 aromatic heterocycles. The number of benzene rings is 1. The fraction of sp³-hybridized carbons (Fsp3) is 0.435. The molecule has 2 heterocycles. The van der Waals surface area contributed by atoms with Gasteiger partial charge in [0.1, 0.15) is 17.3 Å². The van der Waals surface area contributed by atoms with Crippen LogP contribution in [0.4, 0.5) is 23.4 Å². The number of halogens is 4. The number of alkyl halides is 3. The van der Waals surface area contributed by atoms with E-state index in [2.05, 4.69) is 15.4 Å². The Labute approximate surface area is 186 Å². The molecule has 0 aliphatic heterocycles. The number of ether oxygens (including phenoxy) is 1. The van der Waals surface area contributed by atoms with Crippen LogP contribution in [0.15, 0.2) is 36.5 Å². The second-order valence-corrected chi connectivity index (χ2v) is 8.76. The van der Waals surface area contributed by atoms with E-state index in [1.54, 1.807) is 18.3 Å². The summed E-state index contributed by atoms with van der Waals surface area (Å²) in [5, 5.41) is 8.60. The molecule has 0 spiro atoms. The van der Waals surface area contributed by atoms with E-state index in [1.165, 1.54) is 12.1 Å². The summed E-state index contributed by atoms with van der Waals surface area (Å²) in [6.45, 7) is 1.90. The lowest BCUT2D eigenvalue weighted by molar-refractivity contribution is -0.141.